The number of hydrogen-bond donors (Lipinski definition) is 1. The number of methoxy groups -OCH3 is 3. The number of ether oxygens (including phenoxy) is 3. The number of anilines is 1. The summed E-state index contributed by atoms with van der Waals surface area (Å²) >= 11 is 0. The maximum Gasteiger partial charge on any atom is 0.246 e. The van der Waals surface area contributed by atoms with Gasteiger partial charge in [0.05, 0.1) is 21.3 Å². The van der Waals surface area contributed by atoms with Gasteiger partial charge < -0.3 is 19.5 Å². The van der Waals surface area contributed by atoms with Gasteiger partial charge >= 0.3 is 0 Å². The lowest BCUT2D eigenvalue weighted by Gasteiger charge is -2.31. The zero-order valence-electron chi connectivity index (χ0n) is 19.8. The second-order valence-corrected chi connectivity index (χ2v) is 10.2. The van der Waals surface area contributed by atoms with Gasteiger partial charge in [-0.05, 0) is 48.6 Å². The summed E-state index contributed by atoms with van der Waals surface area (Å²) in [5.74, 6) is 1.19. The van der Waals surface area contributed by atoms with Crippen LogP contribution in [0.25, 0.3) is 0 Å². The molecule has 0 bridgehead atoms. The third-order valence-electron chi connectivity index (χ3n) is 5.95. The molecule has 0 spiro atoms. The van der Waals surface area contributed by atoms with Crippen LogP contribution >= 0.6 is 0 Å². The largest absolute Gasteiger partial charge is 0.495 e. The number of piperidine rings is 1. The number of carbonyl (C=O) groups is 1. The van der Waals surface area contributed by atoms with Crippen molar-refractivity contribution in [1.82, 2.24) is 4.31 Å². The molecule has 180 valence electrons. The third-order valence-corrected chi connectivity index (χ3v) is 7.87. The highest BCUT2D eigenvalue weighted by Crippen LogP contribution is 2.33. The predicted molar refractivity (Wildman–Crippen MR) is 127 cm³/mol. The second-order valence-electron chi connectivity index (χ2n) is 8.30. The van der Waals surface area contributed by atoms with Gasteiger partial charge in [-0.25, -0.2) is 8.42 Å². The fourth-order valence-corrected chi connectivity index (χ4v) is 5.57. The Labute approximate surface area is 195 Å². The molecule has 0 radical (unpaired) electrons. The van der Waals surface area contributed by atoms with Crippen LogP contribution in [0.3, 0.4) is 0 Å². The van der Waals surface area contributed by atoms with Gasteiger partial charge in [0.15, 0.2) is 11.5 Å². The molecule has 0 saturated carbocycles. The molecule has 1 fully saturated rings. The van der Waals surface area contributed by atoms with E-state index in [4.69, 9.17) is 14.2 Å². The van der Waals surface area contributed by atoms with Crippen LogP contribution in [0.1, 0.15) is 38.2 Å². The van der Waals surface area contributed by atoms with E-state index < -0.39 is 10.0 Å². The Bertz CT molecular complexity index is 1090. The lowest BCUT2D eigenvalue weighted by atomic mass is 9.97. The summed E-state index contributed by atoms with van der Waals surface area (Å²) < 4.78 is 44.0. The van der Waals surface area contributed by atoms with Crippen LogP contribution in [0.15, 0.2) is 41.3 Å². The van der Waals surface area contributed by atoms with Gasteiger partial charge in [-0.15, -0.1) is 0 Å². The Morgan fingerprint density at radius 2 is 1.55 bits per heavy atom. The molecule has 8 nitrogen and oxygen atoms in total. The summed E-state index contributed by atoms with van der Waals surface area (Å²) in [5.41, 5.74) is 1.53. The molecule has 2 aromatic carbocycles. The predicted octanol–water partition coefficient (Wildman–Crippen LogP) is 3.88. The number of nitrogens with zero attached hydrogens (tertiary/aromatic N) is 1. The molecule has 0 aliphatic carbocycles. The Kier molecular flexibility index (Phi) is 7.86. The molecule has 1 aliphatic rings. The van der Waals surface area contributed by atoms with E-state index in [1.165, 1.54) is 18.5 Å². The molecule has 2 aromatic rings. The molecule has 9 heteroatoms. The average Bonchev–Trinajstić information content (AvgIpc) is 2.83. The lowest BCUT2D eigenvalue weighted by Crippen LogP contribution is -2.41. The topological polar surface area (TPSA) is 94.2 Å². The van der Waals surface area contributed by atoms with E-state index in [1.54, 1.807) is 37.4 Å². The van der Waals surface area contributed by atoms with Crippen molar-refractivity contribution < 1.29 is 27.4 Å². The maximum atomic E-state index is 13.4. The first-order valence-electron chi connectivity index (χ1n) is 10.9. The maximum absolute atomic E-state index is 13.4. The molecule has 0 atom stereocenters. The Hall–Kier alpha value is -2.78. The Morgan fingerprint density at radius 1 is 0.939 bits per heavy atom. The number of benzene rings is 2. The second kappa shape index (κ2) is 10.4. The lowest BCUT2D eigenvalue weighted by molar-refractivity contribution is -0.120. The highest BCUT2D eigenvalue weighted by atomic mass is 32.2. The van der Waals surface area contributed by atoms with Gasteiger partial charge in [-0.3, -0.25) is 4.79 Å². The van der Waals surface area contributed by atoms with E-state index in [9.17, 15) is 13.2 Å². The molecule has 3 rings (SSSR count). The van der Waals surface area contributed by atoms with Crippen molar-refractivity contribution in [2.24, 2.45) is 5.92 Å². The van der Waals surface area contributed by atoms with E-state index in [2.05, 4.69) is 5.32 Å². The first-order valence-corrected chi connectivity index (χ1v) is 12.4. The molecular formula is C24H32N2O6S. The fourth-order valence-electron chi connectivity index (χ4n) is 3.91. The van der Waals surface area contributed by atoms with Crippen LogP contribution < -0.4 is 19.5 Å². The number of rotatable bonds is 8. The summed E-state index contributed by atoms with van der Waals surface area (Å²) in [7, 11) is 0.808. The van der Waals surface area contributed by atoms with Crippen molar-refractivity contribution in [2.75, 3.05) is 39.7 Å². The molecular weight excluding hydrogens is 444 g/mol. The van der Waals surface area contributed by atoms with Gasteiger partial charge in [0.2, 0.25) is 15.9 Å². The van der Waals surface area contributed by atoms with E-state index >= 15 is 0 Å². The van der Waals surface area contributed by atoms with Gasteiger partial charge in [0.25, 0.3) is 0 Å². The monoisotopic (exact) mass is 476 g/mol. The summed E-state index contributed by atoms with van der Waals surface area (Å²) in [5, 5.41) is 2.90. The van der Waals surface area contributed by atoms with Crippen molar-refractivity contribution in [3.8, 4) is 17.2 Å². The van der Waals surface area contributed by atoms with Crippen LogP contribution in [0.4, 0.5) is 5.69 Å². The SMILES string of the molecule is COc1ccc(NC(=O)C2CCN(S(=O)(=O)c3cc(C(C)C)ccc3OC)CC2)cc1OC. The van der Waals surface area contributed by atoms with Crippen LogP contribution in [-0.2, 0) is 14.8 Å². The molecule has 0 aromatic heterocycles. The number of hydrogen-bond acceptors (Lipinski definition) is 6. The molecule has 1 heterocycles. The number of amides is 1. The first-order chi connectivity index (χ1) is 15.7. The zero-order chi connectivity index (χ0) is 24.2. The smallest absolute Gasteiger partial charge is 0.246 e. The minimum absolute atomic E-state index is 0.140. The Morgan fingerprint density at radius 3 is 2.12 bits per heavy atom. The van der Waals surface area contributed by atoms with E-state index in [1.807, 2.05) is 19.9 Å². The molecule has 1 saturated heterocycles. The van der Waals surface area contributed by atoms with Crippen LogP contribution in [0.2, 0.25) is 0 Å². The van der Waals surface area contributed by atoms with E-state index in [-0.39, 0.29) is 35.7 Å². The van der Waals surface area contributed by atoms with Crippen LogP contribution in [0, 0.1) is 5.92 Å². The quantitative estimate of drug-likeness (QED) is 0.622. The number of nitrogens with one attached hydrogen (secondary N) is 1. The summed E-state index contributed by atoms with van der Waals surface area (Å²) in [4.78, 5) is 13.0. The number of sulfonamides is 1. The van der Waals surface area contributed by atoms with Crippen molar-refractivity contribution in [2.45, 2.75) is 37.5 Å². The fraction of sp³-hybridized carbons (Fsp3) is 0.458. The van der Waals surface area contributed by atoms with Gasteiger partial charge in [0, 0.05) is 30.8 Å². The molecule has 1 aliphatic heterocycles. The average molecular weight is 477 g/mol. The summed E-state index contributed by atoms with van der Waals surface area (Å²) in [6.45, 7) is 4.56. The minimum atomic E-state index is -3.74. The highest BCUT2D eigenvalue weighted by molar-refractivity contribution is 7.89. The van der Waals surface area contributed by atoms with Gasteiger partial charge in [-0.1, -0.05) is 19.9 Å². The van der Waals surface area contributed by atoms with E-state index in [0.717, 1.165) is 5.56 Å². The normalized spacial score (nSPS) is 15.3. The standard InChI is InChI=1S/C24H32N2O6S/c1-16(2)18-6-8-21(31-4)23(14-18)33(28,29)26-12-10-17(11-13-26)24(27)25-19-7-9-20(30-3)22(15-19)32-5/h6-9,14-17H,10-13H2,1-5H3,(H,25,27). The summed E-state index contributed by atoms with van der Waals surface area (Å²) in [6, 6.07) is 10.4. The molecule has 0 unspecified atom stereocenters. The van der Waals surface area contributed by atoms with Crippen molar-refractivity contribution in [3.63, 3.8) is 0 Å². The molecule has 33 heavy (non-hydrogen) atoms. The van der Waals surface area contributed by atoms with Crippen LogP contribution in [-0.4, -0.2) is 53.0 Å². The molecule has 1 amide bonds. The van der Waals surface area contributed by atoms with Gasteiger partial charge in [0.1, 0.15) is 10.6 Å². The van der Waals surface area contributed by atoms with Crippen molar-refractivity contribution >= 4 is 21.6 Å². The Balaban J connectivity index is 1.69. The highest BCUT2D eigenvalue weighted by Gasteiger charge is 2.34. The van der Waals surface area contributed by atoms with Crippen molar-refractivity contribution in [1.29, 1.82) is 0 Å². The van der Waals surface area contributed by atoms with E-state index in [0.29, 0.717) is 35.8 Å². The number of carbonyl (C=O) groups excluding carboxylic acids is 1. The van der Waals surface area contributed by atoms with Gasteiger partial charge in [-0.2, -0.15) is 4.31 Å². The molecule has 1 N–H and O–H groups in total. The third kappa shape index (κ3) is 5.42. The van der Waals surface area contributed by atoms with Crippen molar-refractivity contribution in [3.05, 3.63) is 42.0 Å². The minimum Gasteiger partial charge on any atom is -0.495 e. The zero-order valence-corrected chi connectivity index (χ0v) is 20.6. The first kappa shape index (κ1) is 24.9. The van der Waals surface area contributed by atoms with Crippen LogP contribution in [0.5, 0.6) is 17.2 Å². The summed E-state index contributed by atoms with van der Waals surface area (Å²) in [6.07, 6.45) is 0.870.